The topological polar surface area (TPSA) is 69.9 Å². The highest BCUT2D eigenvalue weighted by Crippen LogP contribution is 2.21. The smallest absolute Gasteiger partial charge is 0.150 e. The van der Waals surface area contributed by atoms with Gasteiger partial charge in [0.2, 0.25) is 0 Å². The third-order valence-electron chi connectivity index (χ3n) is 1.78. The Labute approximate surface area is 77.5 Å². The summed E-state index contributed by atoms with van der Waals surface area (Å²) < 4.78 is 1.53. The zero-order chi connectivity index (χ0) is 10.0. The minimum Gasteiger partial charge on any atom is -0.394 e. The van der Waals surface area contributed by atoms with Gasteiger partial charge in [-0.05, 0) is 19.9 Å². The van der Waals surface area contributed by atoms with Crippen molar-refractivity contribution in [1.82, 2.24) is 9.78 Å². The summed E-state index contributed by atoms with van der Waals surface area (Å²) >= 11 is 0. The molecular formula is C9H14N4. The van der Waals surface area contributed by atoms with E-state index in [9.17, 15) is 0 Å². The van der Waals surface area contributed by atoms with Gasteiger partial charge < -0.3 is 11.5 Å². The Morgan fingerprint density at radius 3 is 2.54 bits per heavy atom. The lowest BCUT2D eigenvalue weighted by atomic mass is 10.4. The second-order valence-corrected chi connectivity index (χ2v) is 2.79. The molecule has 4 heteroatoms. The minimum atomic E-state index is 0.445. The molecule has 0 aliphatic carbocycles. The first-order valence-electron chi connectivity index (χ1n) is 4.00. The van der Waals surface area contributed by atoms with E-state index < -0.39 is 0 Å². The molecule has 1 aromatic heterocycles. The molecule has 0 aliphatic rings. The summed E-state index contributed by atoms with van der Waals surface area (Å²) in [7, 11) is 0. The maximum absolute atomic E-state index is 5.72. The largest absolute Gasteiger partial charge is 0.394 e. The first-order valence-corrected chi connectivity index (χ1v) is 4.00. The number of anilines is 2. The molecule has 70 valence electrons. The average molecular weight is 178 g/mol. The highest BCUT2D eigenvalue weighted by molar-refractivity contribution is 5.69. The van der Waals surface area contributed by atoms with Crippen molar-refractivity contribution in [2.24, 2.45) is 0 Å². The van der Waals surface area contributed by atoms with E-state index in [1.165, 1.54) is 4.68 Å². The van der Waals surface area contributed by atoms with Gasteiger partial charge in [0.25, 0.3) is 0 Å². The molecule has 0 fully saturated rings. The van der Waals surface area contributed by atoms with Crippen LogP contribution in [0.25, 0.3) is 5.70 Å². The fourth-order valence-corrected chi connectivity index (χ4v) is 1.04. The minimum absolute atomic E-state index is 0.445. The Hall–Kier alpha value is -1.71. The van der Waals surface area contributed by atoms with Crippen LogP contribution in [0.2, 0.25) is 0 Å². The quantitative estimate of drug-likeness (QED) is 0.672. The van der Waals surface area contributed by atoms with E-state index in [-0.39, 0.29) is 0 Å². The van der Waals surface area contributed by atoms with Crippen molar-refractivity contribution in [3.05, 3.63) is 24.4 Å². The van der Waals surface area contributed by atoms with E-state index in [0.29, 0.717) is 17.2 Å². The van der Waals surface area contributed by atoms with Crippen LogP contribution in [0.5, 0.6) is 0 Å². The van der Waals surface area contributed by atoms with Crippen molar-refractivity contribution in [1.29, 1.82) is 0 Å². The first-order chi connectivity index (χ1) is 6.07. The van der Waals surface area contributed by atoms with Crippen LogP contribution >= 0.6 is 0 Å². The summed E-state index contributed by atoms with van der Waals surface area (Å²) in [5.41, 5.74) is 13.3. The monoisotopic (exact) mass is 178 g/mol. The van der Waals surface area contributed by atoms with Crippen LogP contribution in [0.3, 0.4) is 0 Å². The number of rotatable bonds is 2. The molecule has 0 saturated carbocycles. The van der Waals surface area contributed by atoms with Crippen LogP contribution in [0, 0.1) is 6.92 Å². The van der Waals surface area contributed by atoms with Crippen LogP contribution in [0.15, 0.2) is 18.7 Å². The van der Waals surface area contributed by atoms with Crippen LogP contribution in [-0.4, -0.2) is 9.78 Å². The predicted octanol–water partition coefficient (Wildman–Crippen LogP) is 1.40. The van der Waals surface area contributed by atoms with Crippen molar-refractivity contribution < 1.29 is 0 Å². The van der Waals surface area contributed by atoms with Gasteiger partial charge in [0, 0.05) is 0 Å². The molecule has 0 unspecified atom stereocenters. The Balaban J connectivity index is 3.16. The molecule has 0 amide bonds. The lowest BCUT2D eigenvalue weighted by Crippen LogP contribution is -2.02. The molecule has 0 bridgehead atoms. The molecule has 0 atom stereocenters. The van der Waals surface area contributed by atoms with Crippen molar-refractivity contribution in [2.45, 2.75) is 13.8 Å². The fraction of sp³-hybridized carbons (Fsp3) is 0.222. The molecule has 1 aromatic rings. The Bertz CT molecular complexity index is 360. The van der Waals surface area contributed by atoms with Gasteiger partial charge in [-0.1, -0.05) is 12.7 Å². The number of nitrogen functional groups attached to an aromatic ring is 2. The molecule has 0 radical (unpaired) electrons. The third kappa shape index (κ3) is 1.56. The van der Waals surface area contributed by atoms with Gasteiger partial charge in [0.1, 0.15) is 0 Å². The summed E-state index contributed by atoms with van der Waals surface area (Å²) in [5, 5.41) is 4.14. The van der Waals surface area contributed by atoms with Gasteiger partial charge in [-0.25, -0.2) is 4.68 Å². The summed E-state index contributed by atoms with van der Waals surface area (Å²) in [6, 6.07) is 0. The molecule has 4 nitrogen and oxygen atoms in total. The van der Waals surface area contributed by atoms with E-state index in [1.807, 2.05) is 26.0 Å². The van der Waals surface area contributed by atoms with Crippen molar-refractivity contribution in [3.63, 3.8) is 0 Å². The Morgan fingerprint density at radius 2 is 2.15 bits per heavy atom. The Morgan fingerprint density at radius 1 is 1.54 bits per heavy atom. The van der Waals surface area contributed by atoms with Crippen LogP contribution in [0.4, 0.5) is 11.5 Å². The summed E-state index contributed by atoms with van der Waals surface area (Å²) in [5.74, 6) is 0.445. The highest BCUT2D eigenvalue weighted by Gasteiger charge is 2.09. The number of aryl methyl sites for hydroxylation is 1. The highest BCUT2D eigenvalue weighted by atomic mass is 15.3. The zero-order valence-corrected chi connectivity index (χ0v) is 7.91. The van der Waals surface area contributed by atoms with Crippen molar-refractivity contribution in [2.75, 3.05) is 11.5 Å². The number of allylic oxidation sites excluding steroid dienone is 3. The summed E-state index contributed by atoms with van der Waals surface area (Å²) in [4.78, 5) is 0. The predicted molar refractivity (Wildman–Crippen MR) is 55.9 cm³/mol. The van der Waals surface area contributed by atoms with E-state index in [1.54, 1.807) is 0 Å². The standard InChI is InChI=1S/C9H14N4/c1-4-5-6(2)13-9(11)8(10)7(3)12-13/h4-5H,2,10-11H2,1,3H3/b5-4-. The maximum Gasteiger partial charge on any atom is 0.150 e. The summed E-state index contributed by atoms with van der Waals surface area (Å²) in [6.07, 6.45) is 3.69. The second-order valence-electron chi connectivity index (χ2n) is 2.79. The average Bonchev–Trinajstić information content (AvgIpc) is 2.33. The van der Waals surface area contributed by atoms with Gasteiger partial charge in [-0.3, -0.25) is 0 Å². The zero-order valence-electron chi connectivity index (χ0n) is 7.91. The lowest BCUT2D eigenvalue weighted by Gasteiger charge is -2.01. The molecular weight excluding hydrogens is 164 g/mol. The van der Waals surface area contributed by atoms with Gasteiger partial charge in [-0.15, -0.1) is 0 Å². The van der Waals surface area contributed by atoms with Crippen LogP contribution in [0.1, 0.15) is 12.6 Å². The van der Waals surface area contributed by atoms with Gasteiger partial charge >= 0.3 is 0 Å². The summed E-state index contributed by atoms with van der Waals surface area (Å²) in [6.45, 7) is 7.52. The second kappa shape index (κ2) is 3.35. The molecule has 0 saturated heterocycles. The van der Waals surface area contributed by atoms with Gasteiger partial charge in [0.15, 0.2) is 5.82 Å². The number of hydrogen-bond acceptors (Lipinski definition) is 3. The van der Waals surface area contributed by atoms with E-state index >= 15 is 0 Å². The maximum atomic E-state index is 5.72. The molecule has 0 spiro atoms. The van der Waals surface area contributed by atoms with Crippen molar-refractivity contribution in [3.8, 4) is 0 Å². The van der Waals surface area contributed by atoms with Crippen LogP contribution < -0.4 is 11.5 Å². The van der Waals surface area contributed by atoms with Crippen LogP contribution in [-0.2, 0) is 0 Å². The van der Waals surface area contributed by atoms with Gasteiger partial charge in [-0.2, -0.15) is 5.10 Å². The molecule has 0 aromatic carbocycles. The SMILES string of the molecule is C=C(/C=C\C)n1nc(C)c(N)c1N. The van der Waals surface area contributed by atoms with Gasteiger partial charge in [0.05, 0.1) is 17.1 Å². The molecule has 1 rings (SSSR count). The molecule has 1 heterocycles. The third-order valence-corrected chi connectivity index (χ3v) is 1.78. The fourth-order valence-electron chi connectivity index (χ4n) is 1.04. The van der Waals surface area contributed by atoms with E-state index in [4.69, 9.17) is 11.5 Å². The Kier molecular flexibility index (Phi) is 2.41. The number of nitrogens with zero attached hydrogens (tertiary/aromatic N) is 2. The number of aromatic nitrogens is 2. The first kappa shape index (κ1) is 9.38. The number of hydrogen-bond donors (Lipinski definition) is 2. The molecule has 4 N–H and O–H groups in total. The normalized spacial score (nSPS) is 10.9. The van der Waals surface area contributed by atoms with E-state index in [2.05, 4.69) is 11.7 Å². The lowest BCUT2D eigenvalue weighted by molar-refractivity contribution is 0.901. The number of nitrogens with two attached hydrogens (primary N) is 2. The molecule has 13 heavy (non-hydrogen) atoms. The molecule has 0 aliphatic heterocycles. The van der Waals surface area contributed by atoms with E-state index in [0.717, 1.165) is 5.69 Å². The van der Waals surface area contributed by atoms with Crippen molar-refractivity contribution >= 4 is 17.2 Å².